The number of anilines is 1. The lowest BCUT2D eigenvalue weighted by Gasteiger charge is -2.16. The molecule has 0 spiro atoms. The molecule has 1 N–H and O–H groups in total. The minimum Gasteiger partial charge on any atom is -0.394 e. The molecule has 0 aliphatic rings. The Morgan fingerprint density at radius 1 is 1.53 bits per heavy atom. The zero-order valence-corrected chi connectivity index (χ0v) is 9.59. The second kappa shape index (κ2) is 6.46. The van der Waals surface area contributed by atoms with E-state index in [4.69, 9.17) is 16.3 Å². The van der Waals surface area contributed by atoms with E-state index >= 15 is 0 Å². The average Bonchev–Trinajstić information content (AvgIpc) is 2.72. The van der Waals surface area contributed by atoms with Crippen molar-refractivity contribution in [2.45, 2.75) is 0 Å². The van der Waals surface area contributed by atoms with Gasteiger partial charge in [-0.2, -0.15) is 0 Å². The van der Waals surface area contributed by atoms with Gasteiger partial charge in [-0.1, -0.05) is 5.92 Å². The third kappa shape index (κ3) is 3.92. The molecule has 0 aliphatic heterocycles. The Morgan fingerprint density at radius 3 is 2.93 bits per heavy atom. The molecular formula is C11H15NO2S. The van der Waals surface area contributed by atoms with Crippen LogP contribution in [0.2, 0.25) is 0 Å². The zero-order valence-electron chi connectivity index (χ0n) is 8.77. The van der Waals surface area contributed by atoms with E-state index in [0.717, 1.165) is 16.4 Å². The van der Waals surface area contributed by atoms with Crippen LogP contribution in [0.15, 0.2) is 12.1 Å². The van der Waals surface area contributed by atoms with E-state index in [1.54, 1.807) is 11.3 Å². The summed E-state index contributed by atoms with van der Waals surface area (Å²) < 4.78 is 5.18. The standard InChI is InChI=1S/C11H15NO2S/c1-3-10-4-5-11(15-10)12(2)6-8-14-9-7-13/h1,4-5,13H,6-9H2,2H3. The summed E-state index contributed by atoms with van der Waals surface area (Å²) in [7, 11) is 1.99. The molecule has 0 saturated heterocycles. The number of thiophene rings is 1. The van der Waals surface area contributed by atoms with Gasteiger partial charge in [0.15, 0.2) is 0 Å². The first-order valence-electron chi connectivity index (χ1n) is 4.74. The quantitative estimate of drug-likeness (QED) is 0.583. The molecule has 0 saturated carbocycles. The van der Waals surface area contributed by atoms with E-state index in [1.807, 2.05) is 19.2 Å². The summed E-state index contributed by atoms with van der Waals surface area (Å²) in [4.78, 5) is 3.02. The molecule has 1 rings (SSSR count). The number of rotatable bonds is 6. The Hall–Kier alpha value is -1.02. The van der Waals surface area contributed by atoms with Crippen LogP contribution in [-0.2, 0) is 4.74 Å². The smallest absolute Gasteiger partial charge is 0.0919 e. The summed E-state index contributed by atoms with van der Waals surface area (Å²) in [5.74, 6) is 2.61. The minimum atomic E-state index is 0.0734. The summed E-state index contributed by atoms with van der Waals surface area (Å²) in [6, 6.07) is 3.94. The van der Waals surface area contributed by atoms with E-state index in [9.17, 15) is 0 Å². The van der Waals surface area contributed by atoms with Gasteiger partial charge in [-0.3, -0.25) is 0 Å². The van der Waals surface area contributed by atoms with E-state index in [-0.39, 0.29) is 6.61 Å². The molecule has 1 aromatic rings. The molecule has 0 bridgehead atoms. The predicted octanol–water partition coefficient (Wildman–Crippen LogP) is 1.17. The number of aliphatic hydroxyl groups is 1. The molecule has 0 fully saturated rings. The van der Waals surface area contributed by atoms with Crippen molar-refractivity contribution in [2.75, 3.05) is 38.3 Å². The van der Waals surface area contributed by atoms with Crippen molar-refractivity contribution < 1.29 is 9.84 Å². The van der Waals surface area contributed by atoms with E-state index in [2.05, 4.69) is 10.8 Å². The van der Waals surface area contributed by atoms with Gasteiger partial charge in [-0.15, -0.1) is 17.8 Å². The normalized spacial score (nSPS) is 9.93. The SMILES string of the molecule is C#Cc1ccc(N(C)CCOCCO)s1. The molecule has 0 aromatic carbocycles. The molecule has 0 unspecified atom stereocenters. The Bertz CT molecular complexity index is 330. The summed E-state index contributed by atoms with van der Waals surface area (Å²) in [6.45, 7) is 1.88. The number of hydrogen-bond acceptors (Lipinski definition) is 4. The van der Waals surface area contributed by atoms with Crippen LogP contribution in [-0.4, -0.2) is 38.5 Å². The summed E-state index contributed by atoms with van der Waals surface area (Å²) in [5, 5.41) is 9.66. The highest BCUT2D eigenvalue weighted by atomic mass is 32.1. The second-order valence-electron chi connectivity index (χ2n) is 3.04. The molecule has 0 aliphatic carbocycles. The molecule has 1 aromatic heterocycles. The lowest BCUT2D eigenvalue weighted by atomic mass is 10.4. The topological polar surface area (TPSA) is 32.7 Å². The minimum absolute atomic E-state index is 0.0734. The molecule has 0 radical (unpaired) electrons. The van der Waals surface area contributed by atoms with E-state index in [0.29, 0.717) is 13.2 Å². The van der Waals surface area contributed by atoms with Gasteiger partial charge >= 0.3 is 0 Å². The van der Waals surface area contributed by atoms with Crippen molar-refractivity contribution >= 4 is 16.3 Å². The van der Waals surface area contributed by atoms with Crippen molar-refractivity contribution in [3.05, 3.63) is 17.0 Å². The van der Waals surface area contributed by atoms with Crippen molar-refractivity contribution in [1.82, 2.24) is 0 Å². The molecular weight excluding hydrogens is 210 g/mol. The number of likely N-dealkylation sites (N-methyl/N-ethyl adjacent to an activating group) is 1. The van der Waals surface area contributed by atoms with Crippen molar-refractivity contribution in [3.63, 3.8) is 0 Å². The largest absolute Gasteiger partial charge is 0.394 e. The first-order valence-corrected chi connectivity index (χ1v) is 5.55. The predicted molar refractivity (Wildman–Crippen MR) is 63.4 cm³/mol. The fraction of sp³-hybridized carbons (Fsp3) is 0.455. The maximum Gasteiger partial charge on any atom is 0.0919 e. The van der Waals surface area contributed by atoms with E-state index < -0.39 is 0 Å². The third-order valence-corrected chi connectivity index (χ3v) is 3.05. The maximum atomic E-state index is 8.53. The maximum absolute atomic E-state index is 8.53. The molecule has 82 valence electrons. The molecule has 0 atom stereocenters. The van der Waals surface area contributed by atoms with Gasteiger partial charge in [0, 0.05) is 13.6 Å². The van der Waals surface area contributed by atoms with Crippen LogP contribution in [0, 0.1) is 12.3 Å². The molecule has 3 nitrogen and oxygen atoms in total. The fourth-order valence-corrected chi connectivity index (χ4v) is 1.89. The highest BCUT2D eigenvalue weighted by Crippen LogP contribution is 2.23. The second-order valence-corrected chi connectivity index (χ2v) is 4.10. The number of hydrogen-bond donors (Lipinski definition) is 1. The van der Waals surface area contributed by atoms with Gasteiger partial charge in [0.05, 0.1) is 29.7 Å². The highest BCUT2D eigenvalue weighted by molar-refractivity contribution is 7.16. The van der Waals surface area contributed by atoms with Gasteiger partial charge in [0.25, 0.3) is 0 Å². The van der Waals surface area contributed by atoms with Crippen LogP contribution >= 0.6 is 11.3 Å². The summed E-state index contributed by atoms with van der Waals surface area (Å²) in [5.41, 5.74) is 0. The van der Waals surface area contributed by atoms with Crippen molar-refractivity contribution in [3.8, 4) is 12.3 Å². The molecule has 4 heteroatoms. The van der Waals surface area contributed by atoms with Gasteiger partial charge < -0.3 is 14.7 Å². The van der Waals surface area contributed by atoms with Crippen LogP contribution in [0.3, 0.4) is 0 Å². The van der Waals surface area contributed by atoms with E-state index in [1.165, 1.54) is 0 Å². The van der Waals surface area contributed by atoms with Gasteiger partial charge in [-0.25, -0.2) is 0 Å². The summed E-state index contributed by atoms with van der Waals surface area (Å²) in [6.07, 6.45) is 5.29. The summed E-state index contributed by atoms with van der Waals surface area (Å²) >= 11 is 1.59. The number of ether oxygens (including phenoxy) is 1. The average molecular weight is 225 g/mol. The Morgan fingerprint density at radius 2 is 2.33 bits per heavy atom. The third-order valence-electron chi connectivity index (χ3n) is 1.92. The zero-order chi connectivity index (χ0) is 11.1. The number of terminal acetylenes is 1. The highest BCUT2D eigenvalue weighted by Gasteiger charge is 2.03. The molecule has 1 heterocycles. The lowest BCUT2D eigenvalue weighted by Crippen LogP contribution is -2.22. The Labute approximate surface area is 94.3 Å². The first-order chi connectivity index (χ1) is 7.27. The van der Waals surface area contributed by atoms with Gasteiger partial charge in [0.1, 0.15) is 0 Å². The number of aliphatic hydroxyl groups excluding tert-OH is 1. The van der Waals surface area contributed by atoms with Crippen LogP contribution in [0.5, 0.6) is 0 Å². The Kier molecular flexibility index (Phi) is 5.19. The first kappa shape index (κ1) is 12.1. The lowest BCUT2D eigenvalue weighted by molar-refractivity contribution is 0.0971. The van der Waals surface area contributed by atoms with Crippen LogP contribution in [0.1, 0.15) is 4.88 Å². The fourth-order valence-electron chi connectivity index (χ4n) is 1.09. The Balaban J connectivity index is 2.33. The van der Waals surface area contributed by atoms with Crippen LogP contribution < -0.4 is 4.90 Å². The van der Waals surface area contributed by atoms with Crippen LogP contribution in [0.4, 0.5) is 5.00 Å². The van der Waals surface area contributed by atoms with Crippen LogP contribution in [0.25, 0.3) is 0 Å². The van der Waals surface area contributed by atoms with Gasteiger partial charge in [-0.05, 0) is 12.1 Å². The molecule has 15 heavy (non-hydrogen) atoms. The number of nitrogens with zero attached hydrogens (tertiary/aromatic N) is 1. The van der Waals surface area contributed by atoms with Gasteiger partial charge in [0.2, 0.25) is 0 Å². The molecule has 0 amide bonds. The monoisotopic (exact) mass is 225 g/mol. The van der Waals surface area contributed by atoms with Crippen molar-refractivity contribution in [2.24, 2.45) is 0 Å². The van der Waals surface area contributed by atoms with Crippen molar-refractivity contribution in [1.29, 1.82) is 0 Å².